The van der Waals surface area contributed by atoms with Gasteiger partial charge in [0, 0.05) is 13.2 Å². The van der Waals surface area contributed by atoms with E-state index in [1.165, 1.54) is 6.07 Å². The molecule has 0 N–H and O–H groups in total. The zero-order valence-corrected chi connectivity index (χ0v) is 9.49. The summed E-state index contributed by atoms with van der Waals surface area (Å²) in [4.78, 5) is 0. The van der Waals surface area contributed by atoms with Crippen molar-refractivity contribution in [3.8, 4) is 11.8 Å². The van der Waals surface area contributed by atoms with Crippen LogP contribution in [0.5, 0.6) is 5.75 Å². The van der Waals surface area contributed by atoms with Crippen LogP contribution in [0.3, 0.4) is 0 Å². The summed E-state index contributed by atoms with van der Waals surface area (Å²) in [6.07, 6.45) is 1.27. The number of hydrogen-bond acceptors (Lipinski definition) is 3. The molecule has 0 aliphatic carbocycles. The van der Waals surface area contributed by atoms with E-state index in [0.717, 1.165) is 0 Å². The van der Waals surface area contributed by atoms with Crippen LogP contribution in [0.15, 0.2) is 24.3 Å². The van der Waals surface area contributed by atoms with Gasteiger partial charge in [0.2, 0.25) is 0 Å². The van der Waals surface area contributed by atoms with E-state index in [1.54, 1.807) is 18.2 Å². The topological polar surface area (TPSA) is 42.2 Å². The summed E-state index contributed by atoms with van der Waals surface area (Å²) in [7, 11) is 0. The Kier molecular flexibility index (Phi) is 3.60. The number of rotatable bonds is 3. The molecule has 1 aliphatic heterocycles. The van der Waals surface area contributed by atoms with Crippen LogP contribution in [-0.4, -0.2) is 19.8 Å². The maximum atomic E-state index is 13.3. The van der Waals surface area contributed by atoms with Gasteiger partial charge in [-0.25, -0.2) is 4.39 Å². The van der Waals surface area contributed by atoms with E-state index in [1.807, 2.05) is 0 Å². The van der Waals surface area contributed by atoms with Gasteiger partial charge < -0.3 is 9.47 Å². The normalized spacial score (nSPS) is 18.4. The molecule has 1 fully saturated rings. The molecule has 1 aromatic carbocycles. The predicted molar refractivity (Wildman–Crippen MR) is 60.0 cm³/mol. The summed E-state index contributed by atoms with van der Waals surface area (Å²) in [5.74, 6) is -0.193. The summed E-state index contributed by atoms with van der Waals surface area (Å²) in [5.41, 5.74) is -0.541. The summed E-state index contributed by atoms with van der Waals surface area (Å²) in [5, 5.41) is 9.21. The molecule has 0 radical (unpaired) electrons. The molecule has 17 heavy (non-hydrogen) atoms. The van der Waals surface area contributed by atoms with Crippen molar-refractivity contribution < 1.29 is 13.9 Å². The molecule has 3 nitrogen and oxygen atoms in total. The first-order valence-corrected chi connectivity index (χ1v) is 5.62. The van der Waals surface area contributed by atoms with Crippen LogP contribution < -0.4 is 4.74 Å². The van der Waals surface area contributed by atoms with Crippen LogP contribution in [-0.2, 0) is 4.74 Å². The van der Waals surface area contributed by atoms with Gasteiger partial charge in [-0.2, -0.15) is 5.26 Å². The van der Waals surface area contributed by atoms with Crippen LogP contribution in [0, 0.1) is 22.6 Å². The van der Waals surface area contributed by atoms with Crippen LogP contribution in [0.1, 0.15) is 12.8 Å². The van der Waals surface area contributed by atoms with Crippen molar-refractivity contribution in [3.63, 3.8) is 0 Å². The second kappa shape index (κ2) is 5.15. The van der Waals surface area contributed by atoms with E-state index < -0.39 is 11.2 Å². The maximum absolute atomic E-state index is 13.3. The lowest BCUT2D eigenvalue weighted by Gasteiger charge is -2.30. The number of para-hydroxylation sites is 1. The SMILES string of the molecule is N#CC1(COc2ccccc2F)CCOCC1. The molecule has 90 valence electrons. The summed E-state index contributed by atoms with van der Waals surface area (Å²) < 4.78 is 24.0. The highest BCUT2D eigenvalue weighted by molar-refractivity contribution is 5.24. The Hall–Kier alpha value is -1.60. The summed E-state index contributed by atoms with van der Waals surface area (Å²) >= 11 is 0. The van der Waals surface area contributed by atoms with Gasteiger partial charge >= 0.3 is 0 Å². The molecule has 1 saturated heterocycles. The number of hydrogen-bond donors (Lipinski definition) is 0. The lowest BCUT2D eigenvalue weighted by Crippen LogP contribution is -2.34. The number of nitriles is 1. The predicted octanol–water partition coefficient (Wildman–Crippen LogP) is 2.52. The molecule has 0 spiro atoms. The molecule has 0 amide bonds. The van der Waals surface area contributed by atoms with Crippen molar-refractivity contribution in [1.82, 2.24) is 0 Å². The fourth-order valence-corrected chi connectivity index (χ4v) is 1.83. The van der Waals surface area contributed by atoms with Gasteiger partial charge in [0.15, 0.2) is 11.6 Å². The minimum atomic E-state index is -0.541. The fourth-order valence-electron chi connectivity index (χ4n) is 1.83. The van der Waals surface area contributed by atoms with Crippen molar-refractivity contribution in [2.45, 2.75) is 12.8 Å². The Morgan fingerprint density at radius 3 is 2.71 bits per heavy atom. The van der Waals surface area contributed by atoms with Crippen LogP contribution in [0.4, 0.5) is 4.39 Å². The third-order valence-electron chi connectivity index (χ3n) is 3.03. The minimum Gasteiger partial charge on any atom is -0.489 e. The minimum absolute atomic E-state index is 0.202. The highest BCUT2D eigenvalue weighted by Crippen LogP contribution is 2.31. The quantitative estimate of drug-likeness (QED) is 0.808. The zero-order chi connectivity index (χ0) is 12.1. The van der Waals surface area contributed by atoms with Crippen molar-refractivity contribution >= 4 is 0 Å². The highest BCUT2D eigenvalue weighted by atomic mass is 19.1. The number of ether oxygens (including phenoxy) is 2. The third-order valence-corrected chi connectivity index (χ3v) is 3.03. The van der Waals surface area contributed by atoms with Crippen LogP contribution in [0.25, 0.3) is 0 Å². The second-order valence-electron chi connectivity index (χ2n) is 4.22. The molecule has 1 heterocycles. The van der Waals surface area contributed by atoms with Gasteiger partial charge in [-0.15, -0.1) is 0 Å². The van der Waals surface area contributed by atoms with E-state index >= 15 is 0 Å². The Morgan fingerprint density at radius 2 is 2.06 bits per heavy atom. The summed E-state index contributed by atoms with van der Waals surface area (Å²) in [6, 6.07) is 8.51. The third kappa shape index (κ3) is 2.75. The first kappa shape index (κ1) is 11.9. The van der Waals surface area contributed by atoms with Gasteiger partial charge in [0.05, 0.1) is 11.5 Å². The smallest absolute Gasteiger partial charge is 0.165 e. The monoisotopic (exact) mass is 235 g/mol. The lowest BCUT2D eigenvalue weighted by molar-refractivity contribution is 0.0184. The van der Waals surface area contributed by atoms with Gasteiger partial charge in [0.1, 0.15) is 6.61 Å². The Bertz CT molecular complexity index is 422. The molecule has 0 bridgehead atoms. The van der Waals surface area contributed by atoms with Crippen molar-refractivity contribution in [3.05, 3.63) is 30.1 Å². The molecular formula is C13H14FNO2. The highest BCUT2D eigenvalue weighted by Gasteiger charge is 2.33. The first-order valence-electron chi connectivity index (χ1n) is 5.62. The molecule has 0 saturated carbocycles. The van der Waals surface area contributed by atoms with E-state index in [-0.39, 0.29) is 12.4 Å². The lowest BCUT2D eigenvalue weighted by atomic mass is 9.83. The molecule has 1 aliphatic rings. The molecule has 4 heteroatoms. The van der Waals surface area contributed by atoms with E-state index in [0.29, 0.717) is 26.1 Å². The number of nitrogens with zero attached hydrogens (tertiary/aromatic N) is 1. The van der Waals surface area contributed by atoms with Crippen molar-refractivity contribution in [1.29, 1.82) is 5.26 Å². The standard InChI is InChI=1S/C13H14FNO2/c14-11-3-1-2-4-12(11)17-10-13(9-15)5-7-16-8-6-13/h1-4H,5-8,10H2. The van der Waals surface area contributed by atoms with E-state index in [9.17, 15) is 9.65 Å². The van der Waals surface area contributed by atoms with Gasteiger partial charge in [-0.1, -0.05) is 12.1 Å². The molecule has 0 aromatic heterocycles. The largest absolute Gasteiger partial charge is 0.489 e. The molecule has 2 rings (SSSR count). The molecule has 0 atom stereocenters. The first-order chi connectivity index (χ1) is 8.26. The summed E-state index contributed by atoms with van der Waals surface area (Å²) in [6.45, 7) is 1.34. The number of halogens is 1. The maximum Gasteiger partial charge on any atom is 0.165 e. The average Bonchev–Trinajstić information content (AvgIpc) is 2.39. The van der Waals surface area contributed by atoms with Crippen LogP contribution >= 0.6 is 0 Å². The fraction of sp³-hybridized carbons (Fsp3) is 0.462. The molecule has 1 aromatic rings. The van der Waals surface area contributed by atoms with Crippen molar-refractivity contribution in [2.75, 3.05) is 19.8 Å². The second-order valence-corrected chi connectivity index (χ2v) is 4.22. The van der Waals surface area contributed by atoms with Gasteiger partial charge in [-0.05, 0) is 25.0 Å². The Balaban J connectivity index is 2.01. The Morgan fingerprint density at radius 1 is 1.35 bits per heavy atom. The van der Waals surface area contributed by atoms with Gasteiger partial charge in [0.25, 0.3) is 0 Å². The van der Waals surface area contributed by atoms with Crippen LogP contribution in [0.2, 0.25) is 0 Å². The van der Waals surface area contributed by atoms with E-state index in [4.69, 9.17) is 9.47 Å². The molecular weight excluding hydrogens is 221 g/mol. The van der Waals surface area contributed by atoms with Gasteiger partial charge in [-0.3, -0.25) is 0 Å². The number of benzene rings is 1. The average molecular weight is 235 g/mol. The van der Waals surface area contributed by atoms with E-state index in [2.05, 4.69) is 6.07 Å². The zero-order valence-electron chi connectivity index (χ0n) is 9.49. The van der Waals surface area contributed by atoms with Crippen molar-refractivity contribution in [2.24, 2.45) is 5.41 Å². The Labute approximate surface area is 99.8 Å². The molecule has 0 unspecified atom stereocenters.